The zero-order valence-corrected chi connectivity index (χ0v) is 50.8. The average Bonchev–Trinajstić information content (AvgIpc) is 3.38. The van der Waals surface area contributed by atoms with E-state index in [0.29, 0.717) is 6.42 Å². The summed E-state index contributed by atoms with van der Waals surface area (Å²) >= 11 is 0. The summed E-state index contributed by atoms with van der Waals surface area (Å²) in [6.07, 6.45) is 74.2. The largest absolute Gasteiger partial charge is 0.481 e. The van der Waals surface area contributed by atoms with Crippen molar-refractivity contribution in [1.82, 2.24) is 0 Å². The molecule has 1 unspecified atom stereocenters. The van der Waals surface area contributed by atoms with Crippen molar-refractivity contribution in [3.05, 3.63) is 0 Å². The molecular weight excluding hydrogens is 881 g/mol. The van der Waals surface area contributed by atoms with Crippen molar-refractivity contribution in [2.45, 2.75) is 420 Å². The van der Waals surface area contributed by atoms with E-state index in [2.05, 4.69) is 41.5 Å². The topological polar surface area (TPSA) is 63.6 Å². The van der Waals surface area contributed by atoms with Crippen LogP contribution in [0.15, 0.2) is 0 Å². The molecule has 4 heteroatoms. The summed E-state index contributed by atoms with van der Waals surface area (Å²) in [6, 6.07) is 0. The third kappa shape index (κ3) is 55.2. The van der Waals surface area contributed by atoms with Crippen molar-refractivity contribution in [1.29, 1.82) is 0 Å². The number of hydrogen-bond donors (Lipinski definition) is 1. The zero-order valence-electron chi connectivity index (χ0n) is 50.8. The molecule has 0 spiro atoms. The summed E-state index contributed by atoms with van der Waals surface area (Å²) in [5.74, 6) is -0.430. The van der Waals surface area contributed by atoms with Gasteiger partial charge < -0.3 is 9.84 Å². The lowest BCUT2D eigenvalue weighted by Gasteiger charge is -2.30. The van der Waals surface area contributed by atoms with Crippen LogP contribution < -0.4 is 0 Å². The van der Waals surface area contributed by atoms with Crippen LogP contribution in [0.1, 0.15) is 414 Å². The second-order valence-electron chi connectivity index (χ2n) is 23.5. The van der Waals surface area contributed by atoms with Gasteiger partial charge in [0, 0.05) is 6.42 Å². The normalized spacial score (nSPS) is 12.0. The van der Waals surface area contributed by atoms with E-state index < -0.39 is 11.4 Å². The molecule has 72 heavy (non-hydrogen) atoms. The molecule has 0 fully saturated rings. The molecule has 0 rings (SSSR count). The third-order valence-corrected chi connectivity index (χ3v) is 16.3. The lowest BCUT2D eigenvalue weighted by molar-refractivity contribution is -0.151. The van der Waals surface area contributed by atoms with Gasteiger partial charge in [-0.25, -0.2) is 0 Å². The van der Waals surface area contributed by atoms with Crippen molar-refractivity contribution in [2.75, 3.05) is 0 Å². The predicted molar refractivity (Wildman–Crippen MR) is 322 cm³/mol. The van der Waals surface area contributed by atoms with Crippen molar-refractivity contribution in [3.63, 3.8) is 0 Å². The Morgan fingerprint density at radius 3 is 0.708 bits per heavy atom. The summed E-state index contributed by atoms with van der Waals surface area (Å²) < 4.78 is 6.00. The Kier molecular flexibility index (Phi) is 63.4. The fourth-order valence-electron chi connectivity index (χ4n) is 11.1. The van der Waals surface area contributed by atoms with Gasteiger partial charge >= 0.3 is 11.9 Å². The number of carbonyl (C=O) groups excluding carboxylic acids is 1. The minimum atomic E-state index is -0.497. The molecule has 1 atom stereocenters. The van der Waals surface area contributed by atoms with Gasteiger partial charge in [0.25, 0.3) is 0 Å². The Morgan fingerprint density at radius 2 is 0.486 bits per heavy atom. The molecule has 0 aromatic carbocycles. The summed E-state index contributed by atoms with van der Waals surface area (Å²) in [7, 11) is 0. The van der Waals surface area contributed by atoms with E-state index in [-0.39, 0.29) is 12.1 Å². The van der Waals surface area contributed by atoms with Crippen LogP contribution in [0, 0.1) is 5.41 Å². The van der Waals surface area contributed by atoms with Gasteiger partial charge in [-0.2, -0.15) is 0 Å². The van der Waals surface area contributed by atoms with E-state index in [1.54, 1.807) is 0 Å². The van der Waals surface area contributed by atoms with Gasteiger partial charge in [0.2, 0.25) is 0 Å². The van der Waals surface area contributed by atoms with Crippen molar-refractivity contribution >= 4 is 11.9 Å². The minimum absolute atomic E-state index is 0.0674. The number of carboxylic acids is 1. The average molecular weight is 1020 g/mol. The van der Waals surface area contributed by atoms with E-state index >= 15 is 0 Å². The molecule has 0 aliphatic carbocycles. The molecule has 0 radical (unpaired) electrons. The van der Waals surface area contributed by atoms with E-state index in [1.807, 2.05) is 0 Å². The molecule has 0 aromatic heterocycles. The molecule has 0 saturated carbocycles. The third-order valence-electron chi connectivity index (χ3n) is 16.3. The SMILES string of the molecule is CCCCCCCCCCCCC(CCCCCCCC)(CCCCCCCCCCCC)C(=O)O.CCCCCCCCCCCCCC(=O)OC(CCCCCCCC)CCCCCCCCCCC. The molecule has 0 bridgehead atoms. The summed E-state index contributed by atoms with van der Waals surface area (Å²) in [4.78, 5) is 25.1. The van der Waals surface area contributed by atoms with Crippen molar-refractivity contribution in [2.24, 2.45) is 5.41 Å². The Hall–Kier alpha value is -1.06. The van der Waals surface area contributed by atoms with Crippen LogP contribution in [0.3, 0.4) is 0 Å². The highest BCUT2D eigenvalue weighted by Gasteiger charge is 2.36. The van der Waals surface area contributed by atoms with Gasteiger partial charge in [-0.05, 0) is 51.4 Å². The highest BCUT2D eigenvalue weighted by Crippen LogP contribution is 2.38. The van der Waals surface area contributed by atoms with Crippen molar-refractivity contribution < 1.29 is 19.4 Å². The van der Waals surface area contributed by atoms with Gasteiger partial charge in [-0.1, -0.05) is 356 Å². The van der Waals surface area contributed by atoms with Gasteiger partial charge in [0.15, 0.2) is 0 Å². The second-order valence-corrected chi connectivity index (χ2v) is 23.5. The van der Waals surface area contributed by atoms with E-state index in [9.17, 15) is 14.7 Å². The first-order valence-corrected chi connectivity index (χ1v) is 33.8. The Labute approximate surface area is 454 Å². The Balaban J connectivity index is 0. The van der Waals surface area contributed by atoms with Crippen LogP contribution in [0.25, 0.3) is 0 Å². The fraction of sp³-hybridized carbons (Fsp3) is 0.971. The fourth-order valence-corrected chi connectivity index (χ4v) is 11.1. The van der Waals surface area contributed by atoms with Crippen LogP contribution in [0.4, 0.5) is 0 Å². The highest BCUT2D eigenvalue weighted by atomic mass is 16.5. The van der Waals surface area contributed by atoms with Gasteiger partial charge in [0.05, 0.1) is 5.41 Å². The zero-order chi connectivity index (χ0) is 53.0. The molecule has 0 aliphatic heterocycles. The van der Waals surface area contributed by atoms with Crippen LogP contribution >= 0.6 is 0 Å². The van der Waals surface area contributed by atoms with E-state index in [1.165, 1.54) is 308 Å². The van der Waals surface area contributed by atoms with Crippen LogP contribution in [-0.4, -0.2) is 23.1 Å². The van der Waals surface area contributed by atoms with E-state index in [0.717, 1.165) is 57.8 Å². The molecule has 0 amide bonds. The first-order chi connectivity index (χ1) is 35.4. The van der Waals surface area contributed by atoms with Gasteiger partial charge in [-0.3, -0.25) is 9.59 Å². The first kappa shape index (κ1) is 73.0. The monoisotopic (exact) mass is 1020 g/mol. The molecule has 0 heterocycles. The molecular formula is C68H136O4. The number of esters is 1. The number of carbonyl (C=O) groups is 2. The molecule has 0 saturated heterocycles. The second kappa shape index (κ2) is 62.5. The summed E-state index contributed by atoms with van der Waals surface area (Å²) in [6.45, 7) is 13.7. The molecule has 0 aliphatic rings. The number of carboxylic acid groups (broad SMARTS) is 1. The van der Waals surface area contributed by atoms with E-state index in [4.69, 9.17) is 4.74 Å². The maximum atomic E-state index is 12.6. The predicted octanol–water partition coefficient (Wildman–Crippen LogP) is 24.7. The maximum absolute atomic E-state index is 12.6. The number of unbranched alkanes of at least 4 members (excludes halogenated alkanes) is 46. The van der Waals surface area contributed by atoms with Crippen LogP contribution in [0.5, 0.6) is 0 Å². The Morgan fingerprint density at radius 1 is 0.292 bits per heavy atom. The molecule has 432 valence electrons. The molecule has 1 N–H and O–H groups in total. The number of hydrogen-bond acceptors (Lipinski definition) is 3. The number of aliphatic carboxylic acids is 1. The standard InChI is InChI=1S/2C34H68O2/c1-4-7-10-13-16-18-19-21-23-26-29-32-34(35)36-33(30-27-24-15-12-9-6-3)31-28-25-22-20-17-14-11-8-5-2;1-4-7-10-13-16-18-20-22-25-28-31-34(33(35)36,30-27-24-15-12-9-6-3)32-29-26-23-21-19-17-14-11-8-5-2/h33H,4-32H2,1-3H3;4-32H2,1-3H3,(H,35,36). The molecule has 0 aromatic rings. The summed E-state index contributed by atoms with van der Waals surface area (Å²) in [5, 5.41) is 10.4. The number of rotatable bonds is 60. The summed E-state index contributed by atoms with van der Waals surface area (Å²) in [5.41, 5.74) is -0.453. The Bertz CT molecular complexity index is 1000. The van der Waals surface area contributed by atoms with Gasteiger partial charge in [0.1, 0.15) is 6.10 Å². The minimum Gasteiger partial charge on any atom is -0.481 e. The first-order valence-electron chi connectivity index (χ1n) is 33.8. The van der Waals surface area contributed by atoms with Crippen LogP contribution in [-0.2, 0) is 14.3 Å². The van der Waals surface area contributed by atoms with Crippen molar-refractivity contribution in [3.8, 4) is 0 Å². The number of ether oxygens (including phenoxy) is 1. The molecule has 4 nitrogen and oxygen atoms in total. The quantitative estimate of drug-likeness (QED) is 0.0487. The van der Waals surface area contributed by atoms with Crippen LogP contribution in [0.2, 0.25) is 0 Å². The van der Waals surface area contributed by atoms with Gasteiger partial charge in [-0.15, -0.1) is 0 Å². The lowest BCUT2D eigenvalue weighted by atomic mass is 9.74. The maximum Gasteiger partial charge on any atom is 0.309 e. The highest BCUT2D eigenvalue weighted by molar-refractivity contribution is 5.74. The lowest BCUT2D eigenvalue weighted by Crippen LogP contribution is -2.31. The smallest absolute Gasteiger partial charge is 0.309 e.